The Balaban J connectivity index is 2.86. The molecule has 1 rings (SSSR count). The normalized spacial score (nSPS) is 11.9. The minimum Gasteiger partial charge on any atom is -0.390 e. The van der Waals surface area contributed by atoms with Crippen LogP contribution in [0.15, 0.2) is 30.3 Å². The van der Waals surface area contributed by atoms with E-state index in [0.29, 0.717) is 5.56 Å². The first-order valence-corrected chi connectivity index (χ1v) is 4.45. The van der Waals surface area contributed by atoms with E-state index in [-0.39, 0.29) is 4.99 Å². The number of rotatable bonds is 2. The van der Waals surface area contributed by atoms with E-state index in [1.807, 2.05) is 0 Å². The summed E-state index contributed by atoms with van der Waals surface area (Å²) in [5.41, 5.74) is 5.15. The smallest absolute Gasteiger partial charge is 0.390 e. The molecule has 2 N–H and O–H groups in total. The highest BCUT2D eigenvalue weighted by Gasteiger charge is 2.29. The van der Waals surface area contributed by atoms with Gasteiger partial charge < -0.3 is 5.73 Å². The fourth-order valence-corrected chi connectivity index (χ4v) is 1.03. The predicted octanol–water partition coefficient (Wildman–Crippen LogP) is 3.00. The largest absolute Gasteiger partial charge is 0.416 e. The molecular formula is C10H8F3NS. The van der Waals surface area contributed by atoms with Crippen LogP contribution < -0.4 is 5.73 Å². The van der Waals surface area contributed by atoms with Crippen molar-refractivity contribution in [2.45, 2.75) is 6.18 Å². The van der Waals surface area contributed by atoms with E-state index >= 15 is 0 Å². The average Bonchev–Trinajstić information content (AvgIpc) is 2.14. The summed E-state index contributed by atoms with van der Waals surface area (Å²) >= 11 is 4.59. The molecule has 0 aliphatic carbocycles. The van der Waals surface area contributed by atoms with Crippen molar-refractivity contribution in [1.29, 1.82) is 0 Å². The van der Waals surface area contributed by atoms with Crippen LogP contribution in [0.1, 0.15) is 11.1 Å². The van der Waals surface area contributed by atoms with Crippen molar-refractivity contribution in [3.63, 3.8) is 0 Å². The Morgan fingerprint density at radius 1 is 1.20 bits per heavy atom. The maximum atomic E-state index is 12.2. The summed E-state index contributed by atoms with van der Waals surface area (Å²) in [6, 6.07) is 4.74. The number of benzene rings is 1. The fraction of sp³-hybridized carbons (Fsp3) is 0.100. The SMILES string of the molecule is NC(=S)/C=C/c1ccc(C(F)(F)F)cc1. The molecule has 0 aliphatic rings. The van der Waals surface area contributed by atoms with Crippen molar-refractivity contribution >= 4 is 23.3 Å². The molecule has 1 nitrogen and oxygen atoms in total. The molecule has 1 aromatic carbocycles. The zero-order valence-corrected chi connectivity index (χ0v) is 8.40. The molecule has 80 valence electrons. The third-order valence-electron chi connectivity index (χ3n) is 1.68. The quantitative estimate of drug-likeness (QED) is 0.625. The number of alkyl halides is 3. The molecule has 0 radical (unpaired) electrons. The van der Waals surface area contributed by atoms with Crippen LogP contribution in [-0.2, 0) is 6.18 Å². The van der Waals surface area contributed by atoms with Crippen LogP contribution in [0.4, 0.5) is 13.2 Å². The van der Waals surface area contributed by atoms with E-state index < -0.39 is 11.7 Å². The monoisotopic (exact) mass is 231 g/mol. The second-order valence-electron chi connectivity index (χ2n) is 2.86. The van der Waals surface area contributed by atoms with Gasteiger partial charge in [0.25, 0.3) is 0 Å². The molecular weight excluding hydrogens is 223 g/mol. The number of hydrogen-bond acceptors (Lipinski definition) is 1. The van der Waals surface area contributed by atoms with Crippen LogP contribution in [0.3, 0.4) is 0 Å². The lowest BCUT2D eigenvalue weighted by atomic mass is 10.1. The van der Waals surface area contributed by atoms with Crippen molar-refractivity contribution in [2.75, 3.05) is 0 Å². The number of halogens is 3. The Labute approximate surface area is 90.4 Å². The van der Waals surface area contributed by atoms with Crippen molar-refractivity contribution in [3.8, 4) is 0 Å². The molecule has 0 amide bonds. The molecule has 0 aliphatic heterocycles. The third-order valence-corrected chi connectivity index (χ3v) is 1.81. The highest BCUT2D eigenvalue weighted by atomic mass is 32.1. The molecule has 0 atom stereocenters. The Hall–Kier alpha value is -1.36. The molecule has 5 heteroatoms. The Bertz CT molecular complexity index is 379. The van der Waals surface area contributed by atoms with Gasteiger partial charge in [-0.25, -0.2) is 0 Å². The zero-order chi connectivity index (χ0) is 11.5. The summed E-state index contributed by atoms with van der Waals surface area (Å²) in [6.45, 7) is 0. The van der Waals surface area contributed by atoms with Gasteiger partial charge in [0.2, 0.25) is 0 Å². The van der Waals surface area contributed by atoms with Crippen LogP contribution in [0.25, 0.3) is 6.08 Å². The minimum absolute atomic E-state index is 0.190. The van der Waals surface area contributed by atoms with Gasteiger partial charge in [-0.15, -0.1) is 0 Å². The first kappa shape index (κ1) is 11.7. The van der Waals surface area contributed by atoms with Crippen LogP contribution >= 0.6 is 12.2 Å². The summed E-state index contributed by atoms with van der Waals surface area (Å²) in [7, 11) is 0. The molecule has 15 heavy (non-hydrogen) atoms. The number of thiocarbonyl (C=S) groups is 1. The molecule has 0 aromatic heterocycles. The van der Waals surface area contributed by atoms with Crippen LogP contribution in [0.5, 0.6) is 0 Å². The maximum absolute atomic E-state index is 12.2. The van der Waals surface area contributed by atoms with Gasteiger partial charge >= 0.3 is 6.18 Å². The van der Waals surface area contributed by atoms with Gasteiger partial charge in [-0.05, 0) is 23.8 Å². The van der Waals surface area contributed by atoms with Gasteiger partial charge in [-0.2, -0.15) is 13.2 Å². The van der Waals surface area contributed by atoms with E-state index in [1.165, 1.54) is 18.2 Å². The molecule has 0 spiro atoms. The topological polar surface area (TPSA) is 26.0 Å². The Morgan fingerprint density at radius 2 is 1.73 bits per heavy atom. The predicted molar refractivity (Wildman–Crippen MR) is 57.3 cm³/mol. The third kappa shape index (κ3) is 3.71. The van der Waals surface area contributed by atoms with E-state index in [0.717, 1.165) is 12.1 Å². The second kappa shape index (κ2) is 4.44. The highest BCUT2D eigenvalue weighted by Crippen LogP contribution is 2.29. The molecule has 0 saturated carbocycles. The van der Waals surface area contributed by atoms with Gasteiger partial charge in [0.15, 0.2) is 0 Å². The van der Waals surface area contributed by atoms with Crippen LogP contribution in [0.2, 0.25) is 0 Å². The lowest BCUT2D eigenvalue weighted by Crippen LogP contribution is -2.04. The van der Waals surface area contributed by atoms with Crippen molar-refractivity contribution in [3.05, 3.63) is 41.5 Å². The van der Waals surface area contributed by atoms with E-state index in [9.17, 15) is 13.2 Å². The maximum Gasteiger partial charge on any atom is 0.416 e. The highest BCUT2D eigenvalue weighted by molar-refractivity contribution is 7.80. The zero-order valence-electron chi connectivity index (χ0n) is 7.58. The molecule has 0 saturated heterocycles. The first-order chi connectivity index (χ1) is 6.89. The second-order valence-corrected chi connectivity index (χ2v) is 3.33. The molecule has 0 heterocycles. The van der Waals surface area contributed by atoms with Gasteiger partial charge in [0.05, 0.1) is 10.6 Å². The molecule has 0 unspecified atom stereocenters. The standard InChI is InChI=1S/C10H8F3NS/c11-10(12,13)8-4-1-7(2-5-8)3-6-9(14)15/h1-6H,(H2,14,15)/b6-3+. The van der Waals surface area contributed by atoms with Gasteiger partial charge in [0.1, 0.15) is 0 Å². The molecule has 1 aromatic rings. The summed E-state index contributed by atoms with van der Waals surface area (Å²) < 4.78 is 36.5. The van der Waals surface area contributed by atoms with E-state index in [2.05, 4.69) is 12.2 Å². The molecule has 0 bridgehead atoms. The Morgan fingerprint density at radius 3 is 2.13 bits per heavy atom. The number of hydrogen-bond donors (Lipinski definition) is 1. The van der Waals surface area contributed by atoms with Gasteiger partial charge in [-0.1, -0.05) is 30.4 Å². The van der Waals surface area contributed by atoms with E-state index in [4.69, 9.17) is 5.73 Å². The lowest BCUT2D eigenvalue weighted by Gasteiger charge is -2.05. The van der Waals surface area contributed by atoms with Gasteiger partial charge in [0, 0.05) is 0 Å². The minimum atomic E-state index is -4.30. The van der Waals surface area contributed by atoms with Crippen LogP contribution in [-0.4, -0.2) is 4.99 Å². The summed E-state index contributed by atoms with van der Waals surface area (Å²) in [5, 5.41) is 0. The van der Waals surface area contributed by atoms with Crippen molar-refractivity contribution < 1.29 is 13.2 Å². The average molecular weight is 231 g/mol. The van der Waals surface area contributed by atoms with Crippen LogP contribution in [0, 0.1) is 0 Å². The lowest BCUT2D eigenvalue weighted by molar-refractivity contribution is -0.137. The Kier molecular flexibility index (Phi) is 3.47. The van der Waals surface area contributed by atoms with Crippen molar-refractivity contribution in [1.82, 2.24) is 0 Å². The number of nitrogens with two attached hydrogens (primary N) is 1. The summed E-state index contributed by atoms with van der Waals surface area (Å²) in [4.78, 5) is 0.190. The summed E-state index contributed by atoms with van der Waals surface area (Å²) in [5.74, 6) is 0. The van der Waals surface area contributed by atoms with Gasteiger partial charge in [-0.3, -0.25) is 0 Å². The fourth-order valence-electron chi connectivity index (χ4n) is 0.962. The molecule has 0 fully saturated rings. The first-order valence-electron chi connectivity index (χ1n) is 4.04. The summed E-state index contributed by atoms with van der Waals surface area (Å²) in [6.07, 6.45) is -1.29. The van der Waals surface area contributed by atoms with Crippen molar-refractivity contribution in [2.24, 2.45) is 5.73 Å². The van der Waals surface area contributed by atoms with E-state index in [1.54, 1.807) is 6.08 Å².